The van der Waals surface area contributed by atoms with Crippen molar-refractivity contribution in [2.24, 2.45) is 0 Å². The summed E-state index contributed by atoms with van der Waals surface area (Å²) in [5.74, 6) is -0.935. The zero-order valence-electron chi connectivity index (χ0n) is 7.67. The highest BCUT2D eigenvalue weighted by Gasteiger charge is 2.13. The summed E-state index contributed by atoms with van der Waals surface area (Å²) < 4.78 is 4.71. The van der Waals surface area contributed by atoms with Crippen LogP contribution in [0.1, 0.15) is 13.8 Å². The lowest BCUT2D eigenvalue weighted by Gasteiger charge is -1.79. The van der Waals surface area contributed by atoms with Crippen molar-refractivity contribution in [3.63, 3.8) is 0 Å². The van der Waals surface area contributed by atoms with Crippen LogP contribution in [0.25, 0.3) is 0 Å². The second-order valence-corrected chi connectivity index (χ2v) is 2.23. The number of hydrogen-bond acceptors (Lipinski definition) is 2. The highest BCUT2D eigenvalue weighted by molar-refractivity contribution is 5.84. The van der Waals surface area contributed by atoms with Gasteiger partial charge < -0.3 is 9.84 Å². The number of carboxylic acids is 1. The van der Waals surface area contributed by atoms with Gasteiger partial charge in [-0.15, -0.1) is 13.2 Å². The van der Waals surface area contributed by atoms with Gasteiger partial charge in [-0.1, -0.05) is 6.58 Å². The first kappa shape index (κ1) is 13.5. The van der Waals surface area contributed by atoms with E-state index in [0.29, 0.717) is 6.10 Å². The lowest BCUT2D eigenvalue weighted by Crippen LogP contribution is -1.92. The van der Waals surface area contributed by atoms with Crippen LogP contribution in [0.2, 0.25) is 0 Å². The fourth-order valence-electron chi connectivity index (χ4n) is 0.0962. The minimum absolute atomic E-state index is 0.176. The summed E-state index contributed by atoms with van der Waals surface area (Å²) in [6, 6.07) is 0. The molecule has 1 atom stereocenters. The van der Waals surface area contributed by atoms with Gasteiger partial charge in [-0.2, -0.15) is 0 Å². The molecule has 0 spiro atoms. The molecule has 1 rings (SSSR count). The maximum Gasteiger partial charge on any atom is 0.330 e. The molecule has 1 aliphatic heterocycles. The Hall–Kier alpha value is -1.09. The van der Waals surface area contributed by atoms with Gasteiger partial charge in [0.25, 0.3) is 0 Å². The van der Waals surface area contributed by atoms with Crippen molar-refractivity contribution in [2.45, 2.75) is 20.0 Å². The Bertz CT molecular complexity index is 136. The van der Waals surface area contributed by atoms with E-state index in [2.05, 4.69) is 26.7 Å². The van der Waals surface area contributed by atoms with Crippen LogP contribution in [0.3, 0.4) is 0 Å². The molecule has 1 unspecified atom stereocenters. The number of ether oxygens (including phenoxy) is 1. The van der Waals surface area contributed by atoms with Gasteiger partial charge in [-0.25, -0.2) is 4.79 Å². The fourth-order valence-corrected chi connectivity index (χ4v) is 0.0962. The standard InChI is InChI=1S/C4H6O2.C3H6O.C2H4/c1-3(2)4(5)6;1-3-2-4-3;1-2/h1H2,2H3,(H,5,6);3H,2H2,1H3;1-2H2. The average molecular weight is 172 g/mol. The van der Waals surface area contributed by atoms with E-state index in [-0.39, 0.29) is 5.57 Å². The summed E-state index contributed by atoms with van der Waals surface area (Å²) in [7, 11) is 0. The molecule has 1 heterocycles. The lowest BCUT2D eigenvalue weighted by atomic mass is 10.4. The quantitative estimate of drug-likeness (QED) is 0.373. The van der Waals surface area contributed by atoms with Gasteiger partial charge in [0.1, 0.15) is 0 Å². The van der Waals surface area contributed by atoms with Gasteiger partial charge in [0, 0.05) is 5.57 Å². The van der Waals surface area contributed by atoms with Crippen LogP contribution < -0.4 is 0 Å². The van der Waals surface area contributed by atoms with E-state index in [1.165, 1.54) is 6.92 Å². The van der Waals surface area contributed by atoms with Crippen molar-refractivity contribution in [2.75, 3.05) is 6.61 Å². The molecule has 3 heteroatoms. The minimum atomic E-state index is -0.935. The summed E-state index contributed by atoms with van der Waals surface area (Å²) in [6.07, 6.45) is 0.583. The van der Waals surface area contributed by atoms with Crippen LogP contribution in [-0.4, -0.2) is 23.8 Å². The smallest absolute Gasteiger partial charge is 0.330 e. The second kappa shape index (κ2) is 8.01. The van der Waals surface area contributed by atoms with Gasteiger partial charge in [0.05, 0.1) is 12.7 Å². The molecule has 0 saturated carbocycles. The Kier molecular flexibility index (Phi) is 9.01. The number of carboxylic acid groups (broad SMARTS) is 1. The van der Waals surface area contributed by atoms with E-state index in [1.807, 2.05) is 0 Å². The third-order valence-corrected chi connectivity index (χ3v) is 0.865. The summed E-state index contributed by atoms with van der Waals surface area (Å²) in [5, 5.41) is 7.89. The zero-order valence-corrected chi connectivity index (χ0v) is 7.67. The highest BCUT2D eigenvalue weighted by Crippen LogP contribution is 2.04. The van der Waals surface area contributed by atoms with E-state index >= 15 is 0 Å². The first-order chi connectivity index (χ1) is 5.54. The Morgan fingerprint density at radius 1 is 1.58 bits per heavy atom. The lowest BCUT2D eigenvalue weighted by molar-refractivity contribution is -0.132. The van der Waals surface area contributed by atoms with E-state index in [4.69, 9.17) is 9.84 Å². The molecular formula is C9H16O3. The molecule has 1 fully saturated rings. The van der Waals surface area contributed by atoms with Gasteiger partial charge in [-0.3, -0.25) is 0 Å². The third kappa shape index (κ3) is 16.0. The molecule has 0 aromatic rings. The van der Waals surface area contributed by atoms with E-state index in [1.54, 1.807) is 0 Å². The van der Waals surface area contributed by atoms with Crippen LogP contribution in [0.5, 0.6) is 0 Å². The molecular weight excluding hydrogens is 156 g/mol. The normalized spacial score (nSPS) is 17.3. The molecule has 0 aliphatic carbocycles. The van der Waals surface area contributed by atoms with Crippen LogP contribution >= 0.6 is 0 Å². The van der Waals surface area contributed by atoms with Crippen molar-refractivity contribution in [1.29, 1.82) is 0 Å². The largest absolute Gasteiger partial charge is 0.478 e. The molecule has 1 aliphatic rings. The van der Waals surface area contributed by atoms with Crippen LogP contribution in [-0.2, 0) is 9.53 Å². The van der Waals surface area contributed by atoms with E-state index in [0.717, 1.165) is 6.61 Å². The maximum atomic E-state index is 9.60. The molecule has 0 amide bonds. The maximum absolute atomic E-state index is 9.60. The fraction of sp³-hybridized carbons (Fsp3) is 0.444. The molecule has 3 nitrogen and oxygen atoms in total. The van der Waals surface area contributed by atoms with Crippen molar-refractivity contribution in [3.05, 3.63) is 25.3 Å². The third-order valence-electron chi connectivity index (χ3n) is 0.865. The van der Waals surface area contributed by atoms with Gasteiger partial charge >= 0.3 is 5.97 Å². The molecule has 1 saturated heterocycles. The summed E-state index contributed by atoms with van der Waals surface area (Å²) in [4.78, 5) is 9.60. The van der Waals surface area contributed by atoms with E-state index in [9.17, 15) is 4.79 Å². The SMILES string of the molecule is C=C.C=C(C)C(=O)O.CC1CO1. The number of epoxide rings is 1. The van der Waals surface area contributed by atoms with Gasteiger partial charge in [-0.05, 0) is 13.8 Å². The molecule has 70 valence electrons. The predicted octanol–water partition coefficient (Wildman–Crippen LogP) is 1.85. The van der Waals surface area contributed by atoms with Crippen LogP contribution in [0.4, 0.5) is 0 Å². The topological polar surface area (TPSA) is 49.8 Å². The molecule has 12 heavy (non-hydrogen) atoms. The van der Waals surface area contributed by atoms with Gasteiger partial charge in [0.2, 0.25) is 0 Å². The predicted molar refractivity (Wildman–Crippen MR) is 49.1 cm³/mol. The van der Waals surface area contributed by atoms with E-state index < -0.39 is 5.97 Å². The molecule has 0 aromatic heterocycles. The number of aliphatic carboxylic acids is 1. The molecule has 1 N–H and O–H groups in total. The number of rotatable bonds is 1. The van der Waals surface area contributed by atoms with Crippen molar-refractivity contribution >= 4 is 5.97 Å². The monoisotopic (exact) mass is 172 g/mol. The van der Waals surface area contributed by atoms with Crippen LogP contribution in [0.15, 0.2) is 25.3 Å². The van der Waals surface area contributed by atoms with Crippen molar-refractivity contribution < 1.29 is 14.6 Å². The van der Waals surface area contributed by atoms with Crippen molar-refractivity contribution in [1.82, 2.24) is 0 Å². The molecule has 0 radical (unpaired) electrons. The Morgan fingerprint density at radius 2 is 1.75 bits per heavy atom. The van der Waals surface area contributed by atoms with Crippen molar-refractivity contribution in [3.8, 4) is 0 Å². The minimum Gasteiger partial charge on any atom is -0.478 e. The zero-order chi connectivity index (χ0) is 10.1. The number of carbonyl (C=O) groups is 1. The average Bonchev–Trinajstić information content (AvgIpc) is 2.77. The summed E-state index contributed by atoms with van der Waals surface area (Å²) >= 11 is 0. The van der Waals surface area contributed by atoms with Gasteiger partial charge in [0.15, 0.2) is 0 Å². The Morgan fingerprint density at radius 3 is 1.75 bits per heavy atom. The first-order valence-electron chi connectivity index (χ1n) is 3.54. The Balaban J connectivity index is 0. The Labute approximate surface area is 73.4 Å². The summed E-state index contributed by atoms with van der Waals surface area (Å²) in [5.41, 5.74) is 0.176. The number of hydrogen-bond donors (Lipinski definition) is 1. The highest BCUT2D eigenvalue weighted by atomic mass is 16.6. The second-order valence-electron chi connectivity index (χ2n) is 2.23. The molecule has 0 aromatic carbocycles. The summed E-state index contributed by atoms with van der Waals surface area (Å²) in [6.45, 7) is 13.6. The van der Waals surface area contributed by atoms with Crippen LogP contribution in [0, 0.1) is 0 Å². The molecule has 0 bridgehead atoms. The first-order valence-corrected chi connectivity index (χ1v) is 3.54.